The summed E-state index contributed by atoms with van der Waals surface area (Å²) in [7, 11) is 1.92. The number of nitriles is 1. The summed E-state index contributed by atoms with van der Waals surface area (Å²) < 4.78 is 15.1. The van der Waals surface area contributed by atoms with Gasteiger partial charge >= 0.3 is 0 Å². The minimum absolute atomic E-state index is 0. The average Bonchev–Trinajstić information content (AvgIpc) is 3.11. The van der Waals surface area contributed by atoms with Gasteiger partial charge in [0.15, 0.2) is 5.96 Å². The van der Waals surface area contributed by atoms with Crippen molar-refractivity contribution in [2.45, 2.75) is 26.3 Å². The van der Waals surface area contributed by atoms with Gasteiger partial charge in [0.2, 0.25) is 0 Å². The highest BCUT2D eigenvalue weighted by Gasteiger charge is 2.16. The maximum Gasteiger partial charge on any atom is 0.193 e. The first-order chi connectivity index (χ1) is 15.5. The van der Waals surface area contributed by atoms with Crippen LogP contribution in [0.2, 0.25) is 0 Å². The molecule has 0 aliphatic heterocycles. The van der Waals surface area contributed by atoms with E-state index in [1.807, 2.05) is 55.3 Å². The van der Waals surface area contributed by atoms with Gasteiger partial charge in [0.25, 0.3) is 0 Å². The third-order valence-electron chi connectivity index (χ3n) is 4.94. The number of nitrogens with zero attached hydrogens (tertiary/aromatic N) is 5. The van der Waals surface area contributed by atoms with Crippen molar-refractivity contribution in [2.24, 2.45) is 4.99 Å². The second kappa shape index (κ2) is 12.8. The van der Waals surface area contributed by atoms with E-state index in [0.717, 1.165) is 23.8 Å². The number of nitrogen functional groups attached to an aromatic ring is 1. The van der Waals surface area contributed by atoms with Gasteiger partial charge in [-0.25, -0.2) is 9.07 Å². The van der Waals surface area contributed by atoms with Crippen molar-refractivity contribution < 1.29 is 4.39 Å². The van der Waals surface area contributed by atoms with Gasteiger partial charge in [-0.3, -0.25) is 4.99 Å². The normalized spacial score (nSPS) is 10.9. The largest absolute Gasteiger partial charge is 0.382 e. The fourth-order valence-corrected chi connectivity index (χ4v) is 3.43. The molecule has 1 aromatic heterocycles. The number of hydrogen-bond donors (Lipinski definition) is 2. The summed E-state index contributed by atoms with van der Waals surface area (Å²) in [6.07, 6.45) is 1.30. The number of para-hydroxylation sites is 1. The van der Waals surface area contributed by atoms with Gasteiger partial charge in [0.1, 0.15) is 23.3 Å². The van der Waals surface area contributed by atoms with Crippen LogP contribution in [0, 0.1) is 17.1 Å². The Morgan fingerprint density at radius 1 is 1.24 bits per heavy atom. The molecular weight excluding hydrogens is 532 g/mol. The van der Waals surface area contributed by atoms with Crippen molar-refractivity contribution in [3.8, 4) is 11.8 Å². The van der Waals surface area contributed by atoms with Crippen LogP contribution in [-0.2, 0) is 13.0 Å². The SMILES string of the molecule is CCNC(=NCCCc1nn(-c2ccccc2)c(N)c1C#N)N(C)Cc1cccc(F)c1.I. The van der Waals surface area contributed by atoms with E-state index in [0.29, 0.717) is 43.0 Å². The number of nitrogens with one attached hydrogen (secondary N) is 1. The van der Waals surface area contributed by atoms with E-state index in [9.17, 15) is 9.65 Å². The van der Waals surface area contributed by atoms with Crippen molar-refractivity contribution in [1.82, 2.24) is 20.0 Å². The highest BCUT2D eigenvalue weighted by Crippen LogP contribution is 2.21. The Bertz CT molecular complexity index is 1110. The molecule has 0 saturated heterocycles. The van der Waals surface area contributed by atoms with Gasteiger partial charge in [-0.1, -0.05) is 30.3 Å². The van der Waals surface area contributed by atoms with Crippen LogP contribution < -0.4 is 11.1 Å². The van der Waals surface area contributed by atoms with Crippen molar-refractivity contribution in [1.29, 1.82) is 5.26 Å². The molecule has 0 saturated carbocycles. The molecule has 3 N–H and O–H groups in total. The Labute approximate surface area is 211 Å². The van der Waals surface area contributed by atoms with Crippen LogP contribution in [-0.4, -0.2) is 40.8 Å². The quantitative estimate of drug-likeness (QED) is 0.187. The molecule has 174 valence electrons. The van der Waals surface area contributed by atoms with Crippen molar-refractivity contribution in [3.63, 3.8) is 0 Å². The number of aromatic nitrogens is 2. The Hall–Kier alpha value is -3.13. The lowest BCUT2D eigenvalue weighted by Crippen LogP contribution is -2.38. The summed E-state index contributed by atoms with van der Waals surface area (Å²) in [5.74, 6) is 0.840. The molecule has 0 fully saturated rings. The number of aliphatic imine (C=N–C) groups is 1. The van der Waals surface area contributed by atoms with Crippen LogP contribution in [0.1, 0.15) is 30.2 Å². The van der Waals surface area contributed by atoms with E-state index < -0.39 is 0 Å². The summed E-state index contributed by atoms with van der Waals surface area (Å²) in [6.45, 7) is 3.83. The molecular formula is C24H29FIN7. The zero-order valence-electron chi connectivity index (χ0n) is 18.8. The summed E-state index contributed by atoms with van der Waals surface area (Å²) in [4.78, 5) is 6.64. The molecule has 9 heteroatoms. The fraction of sp³-hybridized carbons (Fsp3) is 0.292. The summed E-state index contributed by atoms with van der Waals surface area (Å²) in [6, 6.07) is 18.2. The lowest BCUT2D eigenvalue weighted by molar-refractivity contribution is 0.474. The third kappa shape index (κ3) is 6.92. The molecule has 0 amide bonds. The number of guanidine groups is 1. The average molecular weight is 561 g/mol. The van der Waals surface area contributed by atoms with Crippen LogP contribution >= 0.6 is 24.0 Å². The maximum atomic E-state index is 13.5. The molecule has 7 nitrogen and oxygen atoms in total. The van der Waals surface area contributed by atoms with Crippen LogP contribution in [0.4, 0.5) is 10.2 Å². The van der Waals surface area contributed by atoms with Crippen LogP contribution in [0.15, 0.2) is 59.6 Å². The molecule has 1 heterocycles. The van der Waals surface area contributed by atoms with Gasteiger partial charge < -0.3 is 16.0 Å². The summed E-state index contributed by atoms with van der Waals surface area (Å²) >= 11 is 0. The predicted molar refractivity (Wildman–Crippen MR) is 140 cm³/mol. The van der Waals surface area contributed by atoms with E-state index >= 15 is 0 Å². The smallest absolute Gasteiger partial charge is 0.193 e. The molecule has 2 aromatic carbocycles. The maximum absolute atomic E-state index is 13.5. The van der Waals surface area contributed by atoms with E-state index in [1.165, 1.54) is 12.1 Å². The lowest BCUT2D eigenvalue weighted by atomic mass is 10.1. The number of halogens is 2. The molecule has 0 radical (unpaired) electrons. The van der Waals surface area contributed by atoms with Crippen LogP contribution in [0.5, 0.6) is 0 Å². The van der Waals surface area contributed by atoms with Gasteiger partial charge in [-0.05, 0) is 49.6 Å². The first-order valence-electron chi connectivity index (χ1n) is 10.6. The minimum atomic E-state index is -0.250. The number of aryl methyl sites for hydroxylation is 1. The van der Waals surface area contributed by atoms with E-state index in [1.54, 1.807) is 10.7 Å². The van der Waals surface area contributed by atoms with Gasteiger partial charge in [0.05, 0.1) is 11.4 Å². The fourth-order valence-electron chi connectivity index (χ4n) is 3.43. The Kier molecular flexibility index (Phi) is 10.1. The topological polar surface area (TPSA) is 95.3 Å². The first-order valence-corrected chi connectivity index (χ1v) is 10.6. The van der Waals surface area contributed by atoms with E-state index in [2.05, 4.69) is 21.5 Å². The van der Waals surface area contributed by atoms with Gasteiger partial charge in [-0.15, -0.1) is 24.0 Å². The molecule has 3 aromatic rings. The first kappa shape index (κ1) is 26.1. The predicted octanol–water partition coefficient (Wildman–Crippen LogP) is 4.11. The Morgan fingerprint density at radius 2 is 2.00 bits per heavy atom. The zero-order chi connectivity index (χ0) is 22.9. The molecule has 0 unspecified atom stereocenters. The van der Waals surface area contributed by atoms with Crippen LogP contribution in [0.3, 0.4) is 0 Å². The van der Waals surface area contributed by atoms with Gasteiger partial charge in [-0.2, -0.15) is 10.4 Å². The number of nitrogens with two attached hydrogens (primary N) is 1. The standard InChI is InChI=1S/C24H28FN7.HI/c1-3-28-24(31(2)17-18-9-7-10-19(25)15-18)29-14-8-13-22-21(16-26)23(27)32(30-22)20-11-5-4-6-12-20;/h4-7,9-12,15H,3,8,13-14,17,27H2,1-2H3,(H,28,29);1H. The van der Waals surface area contributed by atoms with Crippen molar-refractivity contribution in [3.05, 3.63) is 77.2 Å². The second-order valence-corrected chi connectivity index (χ2v) is 7.39. The van der Waals surface area contributed by atoms with Gasteiger partial charge in [0, 0.05) is 26.7 Å². The Morgan fingerprint density at radius 3 is 2.67 bits per heavy atom. The Balaban J connectivity index is 0.00000385. The minimum Gasteiger partial charge on any atom is -0.382 e. The number of anilines is 1. The molecule has 0 spiro atoms. The molecule has 3 rings (SSSR count). The highest BCUT2D eigenvalue weighted by atomic mass is 127. The van der Waals surface area contributed by atoms with Crippen molar-refractivity contribution >= 4 is 35.8 Å². The van der Waals surface area contributed by atoms with Crippen molar-refractivity contribution in [2.75, 3.05) is 25.9 Å². The lowest BCUT2D eigenvalue weighted by Gasteiger charge is -2.22. The monoisotopic (exact) mass is 561 g/mol. The zero-order valence-corrected chi connectivity index (χ0v) is 21.2. The number of rotatable bonds is 8. The number of benzene rings is 2. The molecule has 0 aliphatic carbocycles. The van der Waals surface area contributed by atoms with Crippen LogP contribution in [0.25, 0.3) is 5.69 Å². The molecule has 0 aliphatic rings. The highest BCUT2D eigenvalue weighted by molar-refractivity contribution is 14.0. The molecule has 33 heavy (non-hydrogen) atoms. The second-order valence-electron chi connectivity index (χ2n) is 7.39. The summed E-state index contributed by atoms with van der Waals surface area (Å²) in [5.41, 5.74) is 8.94. The van der Waals surface area contributed by atoms with E-state index in [4.69, 9.17) is 5.73 Å². The van der Waals surface area contributed by atoms with E-state index in [-0.39, 0.29) is 29.8 Å². The molecule has 0 bridgehead atoms. The third-order valence-corrected chi connectivity index (χ3v) is 4.94. The molecule has 0 atom stereocenters. The summed E-state index contributed by atoms with van der Waals surface area (Å²) in [5, 5.41) is 17.4. The number of hydrogen-bond acceptors (Lipinski definition) is 4.